The summed E-state index contributed by atoms with van der Waals surface area (Å²) >= 11 is 0. The molecule has 1 aromatic rings. The van der Waals surface area contributed by atoms with Crippen LogP contribution in [0.4, 0.5) is 0 Å². The monoisotopic (exact) mass is 265 g/mol. The molecule has 0 radical (unpaired) electrons. The summed E-state index contributed by atoms with van der Waals surface area (Å²) in [5.74, 6) is 2.77. The molecule has 19 heavy (non-hydrogen) atoms. The Balaban J connectivity index is 1.75. The summed E-state index contributed by atoms with van der Waals surface area (Å²) in [6.45, 7) is 8.68. The number of aryl methyl sites for hydroxylation is 1. The zero-order valence-electron chi connectivity index (χ0n) is 12.5. The molecule has 1 N–H and O–H groups in total. The lowest BCUT2D eigenvalue weighted by atomic mass is 10.1. The van der Waals surface area contributed by atoms with Crippen LogP contribution in [0.15, 0.2) is 10.5 Å². The van der Waals surface area contributed by atoms with Crippen molar-refractivity contribution in [2.75, 3.05) is 6.61 Å². The van der Waals surface area contributed by atoms with Crippen molar-refractivity contribution in [2.45, 2.75) is 65.6 Å². The summed E-state index contributed by atoms with van der Waals surface area (Å²) < 4.78 is 11.6. The molecule has 1 heterocycles. The summed E-state index contributed by atoms with van der Waals surface area (Å²) in [6.07, 6.45) is 5.42. The van der Waals surface area contributed by atoms with Gasteiger partial charge in [0.15, 0.2) is 0 Å². The minimum Gasteiger partial charge on any atom is -0.462 e. The molecule has 2 rings (SSSR count). The highest BCUT2D eigenvalue weighted by Gasteiger charge is 2.15. The normalized spacial score (nSPS) is 16.6. The molecule has 1 aliphatic rings. The molecule has 0 aromatic carbocycles. The Morgan fingerprint density at radius 2 is 2.11 bits per heavy atom. The van der Waals surface area contributed by atoms with E-state index < -0.39 is 0 Å². The van der Waals surface area contributed by atoms with E-state index in [4.69, 9.17) is 9.15 Å². The molecule has 3 nitrogen and oxygen atoms in total. The highest BCUT2D eigenvalue weighted by Crippen LogP contribution is 2.25. The smallest absolute Gasteiger partial charge is 0.130 e. The molecule has 1 fully saturated rings. The SMILES string of the molecule is Cc1cc(COCC2CCCC2)oc1CNC(C)C. The fraction of sp³-hybridized carbons (Fsp3) is 0.750. The highest BCUT2D eigenvalue weighted by molar-refractivity contribution is 5.19. The molecule has 1 saturated carbocycles. The van der Waals surface area contributed by atoms with Gasteiger partial charge < -0.3 is 14.5 Å². The van der Waals surface area contributed by atoms with Crippen LogP contribution >= 0.6 is 0 Å². The van der Waals surface area contributed by atoms with Crippen LogP contribution in [0.2, 0.25) is 0 Å². The zero-order chi connectivity index (χ0) is 13.7. The van der Waals surface area contributed by atoms with Gasteiger partial charge in [0.2, 0.25) is 0 Å². The summed E-state index contributed by atoms with van der Waals surface area (Å²) in [5, 5.41) is 3.38. The Hall–Kier alpha value is -0.800. The van der Waals surface area contributed by atoms with Gasteiger partial charge in [0, 0.05) is 12.6 Å². The van der Waals surface area contributed by atoms with Crippen molar-refractivity contribution >= 4 is 0 Å². The minimum atomic E-state index is 0.478. The van der Waals surface area contributed by atoms with Crippen LogP contribution in [-0.4, -0.2) is 12.6 Å². The summed E-state index contributed by atoms with van der Waals surface area (Å²) in [7, 11) is 0. The van der Waals surface area contributed by atoms with Gasteiger partial charge in [-0.1, -0.05) is 26.7 Å². The molecule has 0 spiro atoms. The van der Waals surface area contributed by atoms with Crippen LogP contribution in [0.1, 0.15) is 56.6 Å². The first-order chi connectivity index (χ1) is 9.15. The van der Waals surface area contributed by atoms with Crippen molar-refractivity contribution in [3.63, 3.8) is 0 Å². The Morgan fingerprint density at radius 3 is 2.79 bits per heavy atom. The van der Waals surface area contributed by atoms with E-state index in [0.29, 0.717) is 12.6 Å². The van der Waals surface area contributed by atoms with Crippen molar-refractivity contribution in [2.24, 2.45) is 5.92 Å². The summed E-state index contributed by atoms with van der Waals surface area (Å²) in [4.78, 5) is 0. The molecule has 0 bridgehead atoms. The molecule has 0 saturated heterocycles. The maximum Gasteiger partial charge on any atom is 0.130 e. The van der Waals surface area contributed by atoms with E-state index in [2.05, 4.69) is 32.2 Å². The lowest BCUT2D eigenvalue weighted by molar-refractivity contribution is 0.0763. The topological polar surface area (TPSA) is 34.4 Å². The lowest BCUT2D eigenvalue weighted by Gasteiger charge is -2.08. The van der Waals surface area contributed by atoms with E-state index in [1.165, 1.54) is 31.2 Å². The van der Waals surface area contributed by atoms with Crippen LogP contribution in [0.3, 0.4) is 0 Å². The van der Waals surface area contributed by atoms with Crippen LogP contribution in [0.25, 0.3) is 0 Å². The number of hydrogen-bond acceptors (Lipinski definition) is 3. The van der Waals surface area contributed by atoms with Gasteiger partial charge in [-0.05, 0) is 37.3 Å². The fourth-order valence-electron chi connectivity index (χ4n) is 2.64. The van der Waals surface area contributed by atoms with Gasteiger partial charge in [0.25, 0.3) is 0 Å². The largest absolute Gasteiger partial charge is 0.462 e. The first kappa shape index (κ1) is 14.6. The molecule has 0 amide bonds. The second-order valence-electron chi connectivity index (χ2n) is 6.02. The standard InChI is InChI=1S/C16H27NO2/c1-12(2)17-9-16-13(3)8-15(19-16)11-18-10-14-6-4-5-7-14/h8,12,14,17H,4-7,9-11H2,1-3H3. The Morgan fingerprint density at radius 1 is 1.37 bits per heavy atom. The Kier molecular flexibility index (Phi) is 5.46. The third kappa shape index (κ3) is 4.66. The van der Waals surface area contributed by atoms with Crippen LogP contribution < -0.4 is 5.32 Å². The molecule has 0 unspecified atom stereocenters. The van der Waals surface area contributed by atoms with Gasteiger partial charge in [-0.2, -0.15) is 0 Å². The molecule has 0 aliphatic heterocycles. The summed E-state index contributed by atoms with van der Waals surface area (Å²) in [6, 6.07) is 2.58. The predicted molar refractivity (Wildman–Crippen MR) is 77.0 cm³/mol. The average molecular weight is 265 g/mol. The molecule has 1 aliphatic carbocycles. The molecule has 108 valence electrons. The first-order valence-corrected chi connectivity index (χ1v) is 7.54. The Labute approximate surface area is 116 Å². The second kappa shape index (κ2) is 7.11. The van der Waals surface area contributed by atoms with E-state index in [-0.39, 0.29) is 0 Å². The van der Waals surface area contributed by atoms with Crippen LogP contribution in [0, 0.1) is 12.8 Å². The van der Waals surface area contributed by atoms with Gasteiger partial charge in [0.1, 0.15) is 18.1 Å². The van der Waals surface area contributed by atoms with Gasteiger partial charge in [-0.15, -0.1) is 0 Å². The third-order valence-electron chi connectivity index (χ3n) is 3.82. The maximum atomic E-state index is 5.84. The molecular weight excluding hydrogens is 238 g/mol. The number of furan rings is 1. The zero-order valence-corrected chi connectivity index (χ0v) is 12.5. The van der Waals surface area contributed by atoms with Crippen LogP contribution in [-0.2, 0) is 17.9 Å². The quantitative estimate of drug-likeness (QED) is 0.814. The van der Waals surface area contributed by atoms with E-state index in [1.54, 1.807) is 0 Å². The predicted octanol–water partition coefficient (Wildman–Crippen LogP) is 3.79. The molecule has 1 aromatic heterocycles. The molecule has 3 heteroatoms. The van der Waals surface area contributed by atoms with Crippen molar-refractivity contribution in [1.82, 2.24) is 5.32 Å². The van der Waals surface area contributed by atoms with Gasteiger partial charge in [-0.25, -0.2) is 0 Å². The number of rotatable bonds is 7. The van der Waals surface area contributed by atoms with Crippen molar-refractivity contribution in [1.29, 1.82) is 0 Å². The minimum absolute atomic E-state index is 0.478. The maximum absolute atomic E-state index is 5.84. The van der Waals surface area contributed by atoms with Gasteiger partial charge >= 0.3 is 0 Å². The van der Waals surface area contributed by atoms with Crippen molar-refractivity contribution in [3.05, 3.63) is 23.2 Å². The summed E-state index contributed by atoms with van der Waals surface area (Å²) in [5.41, 5.74) is 1.22. The highest BCUT2D eigenvalue weighted by atomic mass is 16.5. The van der Waals surface area contributed by atoms with E-state index >= 15 is 0 Å². The second-order valence-corrected chi connectivity index (χ2v) is 6.02. The van der Waals surface area contributed by atoms with E-state index in [0.717, 1.165) is 30.6 Å². The van der Waals surface area contributed by atoms with Crippen LogP contribution in [0.5, 0.6) is 0 Å². The van der Waals surface area contributed by atoms with Crippen molar-refractivity contribution in [3.8, 4) is 0 Å². The van der Waals surface area contributed by atoms with E-state index in [1.807, 2.05) is 0 Å². The Bertz CT molecular complexity index is 378. The van der Waals surface area contributed by atoms with Gasteiger partial charge in [-0.3, -0.25) is 0 Å². The number of hydrogen-bond donors (Lipinski definition) is 1. The fourth-order valence-corrected chi connectivity index (χ4v) is 2.64. The average Bonchev–Trinajstić information content (AvgIpc) is 2.97. The van der Waals surface area contributed by atoms with Crippen molar-refractivity contribution < 1.29 is 9.15 Å². The number of ether oxygens (including phenoxy) is 1. The molecular formula is C16H27NO2. The number of nitrogens with one attached hydrogen (secondary N) is 1. The third-order valence-corrected chi connectivity index (χ3v) is 3.82. The van der Waals surface area contributed by atoms with Gasteiger partial charge in [0.05, 0.1) is 6.54 Å². The lowest BCUT2D eigenvalue weighted by Crippen LogP contribution is -2.21. The molecule has 0 atom stereocenters. The first-order valence-electron chi connectivity index (χ1n) is 7.54. The van der Waals surface area contributed by atoms with E-state index in [9.17, 15) is 0 Å².